The second kappa shape index (κ2) is 12.2. The largest absolute Gasteiger partial charge is 0.490 e. The summed E-state index contributed by atoms with van der Waals surface area (Å²) in [6.45, 7) is 3.45. The molecule has 0 aliphatic carbocycles. The van der Waals surface area contributed by atoms with Crippen molar-refractivity contribution in [3.63, 3.8) is 0 Å². The molecule has 1 saturated heterocycles. The first-order valence-corrected chi connectivity index (χ1v) is 11.0. The number of rotatable bonds is 10. The van der Waals surface area contributed by atoms with Crippen molar-refractivity contribution in [1.29, 1.82) is 0 Å². The SMILES string of the molecule is CCOc1cccc(CNC(=NC)NCc2ccc(CN3CCCC3)cc2)c1OC(F)F. The molecule has 2 N–H and O–H groups in total. The number of guanidine groups is 1. The van der Waals surface area contributed by atoms with E-state index in [4.69, 9.17) is 9.47 Å². The summed E-state index contributed by atoms with van der Waals surface area (Å²) in [7, 11) is 1.67. The zero-order valence-corrected chi connectivity index (χ0v) is 18.7. The Morgan fingerprint density at radius 1 is 1.03 bits per heavy atom. The Balaban J connectivity index is 1.54. The van der Waals surface area contributed by atoms with E-state index < -0.39 is 6.61 Å². The molecule has 1 aliphatic heterocycles. The van der Waals surface area contributed by atoms with Crippen molar-refractivity contribution in [2.75, 3.05) is 26.7 Å². The first-order chi connectivity index (χ1) is 15.6. The van der Waals surface area contributed by atoms with Crippen LogP contribution in [0.2, 0.25) is 0 Å². The fourth-order valence-corrected chi connectivity index (χ4v) is 3.74. The maximum absolute atomic E-state index is 12.9. The van der Waals surface area contributed by atoms with Gasteiger partial charge in [0.15, 0.2) is 17.5 Å². The van der Waals surface area contributed by atoms with Crippen LogP contribution in [0.3, 0.4) is 0 Å². The molecule has 1 fully saturated rings. The predicted octanol–water partition coefficient (Wildman–Crippen LogP) is 4.15. The Morgan fingerprint density at radius 3 is 2.38 bits per heavy atom. The highest BCUT2D eigenvalue weighted by Gasteiger charge is 2.16. The molecule has 3 rings (SSSR count). The first kappa shape index (κ1) is 23.8. The summed E-state index contributed by atoms with van der Waals surface area (Å²) in [5, 5.41) is 6.41. The zero-order chi connectivity index (χ0) is 22.8. The summed E-state index contributed by atoms with van der Waals surface area (Å²) in [5.41, 5.74) is 3.02. The van der Waals surface area contributed by atoms with Crippen LogP contribution in [0.1, 0.15) is 36.5 Å². The van der Waals surface area contributed by atoms with E-state index in [-0.39, 0.29) is 12.3 Å². The van der Waals surface area contributed by atoms with Crippen molar-refractivity contribution < 1.29 is 18.3 Å². The fraction of sp³-hybridized carbons (Fsp3) is 0.458. The van der Waals surface area contributed by atoms with E-state index in [9.17, 15) is 8.78 Å². The van der Waals surface area contributed by atoms with Crippen LogP contribution in [0.5, 0.6) is 11.5 Å². The third-order valence-electron chi connectivity index (χ3n) is 5.32. The standard InChI is InChI=1S/C24H32F2N4O2/c1-3-31-21-8-6-7-20(22(21)32-23(25)26)16-29-24(27-2)28-15-18-9-11-19(12-10-18)17-30-13-4-5-14-30/h6-12,23H,3-5,13-17H2,1-2H3,(H2,27,28,29). The van der Waals surface area contributed by atoms with Gasteiger partial charge in [-0.3, -0.25) is 9.89 Å². The summed E-state index contributed by atoms with van der Waals surface area (Å²) in [5.74, 6) is 0.904. The molecule has 1 heterocycles. The first-order valence-electron chi connectivity index (χ1n) is 11.0. The van der Waals surface area contributed by atoms with E-state index in [1.165, 1.54) is 31.5 Å². The van der Waals surface area contributed by atoms with E-state index in [0.717, 1.165) is 12.1 Å². The molecule has 0 bridgehead atoms. The summed E-state index contributed by atoms with van der Waals surface area (Å²) < 4.78 is 36.0. The molecule has 0 saturated carbocycles. The Hall–Kier alpha value is -2.87. The number of halogens is 2. The van der Waals surface area contributed by atoms with Gasteiger partial charge < -0.3 is 20.1 Å². The minimum Gasteiger partial charge on any atom is -0.490 e. The van der Waals surface area contributed by atoms with Crippen LogP contribution in [-0.4, -0.2) is 44.2 Å². The molecule has 2 aromatic carbocycles. The Morgan fingerprint density at radius 2 is 1.72 bits per heavy atom. The Labute approximate surface area is 188 Å². The second-order valence-electron chi connectivity index (χ2n) is 7.63. The van der Waals surface area contributed by atoms with Crippen LogP contribution in [0.15, 0.2) is 47.5 Å². The number of ether oxygens (including phenoxy) is 2. The molecule has 2 aromatic rings. The van der Waals surface area contributed by atoms with E-state index >= 15 is 0 Å². The molecule has 0 radical (unpaired) electrons. The number of likely N-dealkylation sites (tertiary alicyclic amines) is 1. The minimum atomic E-state index is -2.93. The molecule has 0 spiro atoms. The summed E-state index contributed by atoms with van der Waals surface area (Å²) in [6, 6.07) is 13.7. The van der Waals surface area contributed by atoms with Crippen molar-refractivity contribution >= 4 is 5.96 Å². The van der Waals surface area contributed by atoms with Crippen LogP contribution in [0, 0.1) is 0 Å². The van der Waals surface area contributed by atoms with Gasteiger partial charge in [-0.2, -0.15) is 8.78 Å². The smallest absolute Gasteiger partial charge is 0.387 e. The third-order valence-corrected chi connectivity index (χ3v) is 5.32. The van der Waals surface area contributed by atoms with Crippen LogP contribution in [-0.2, 0) is 19.6 Å². The number of hydrogen-bond donors (Lipinski definition) is 2. The van der Waals surface area contributed by atoms with Crippen LogP contribution in [0.25, 0.3) is 0 Å². The molecule has 174 valence electrons. The normalized spacial score (nSPS) is 14.6. The zero-order valence-electron chi connectivity index (χ0n) is 18.7. The minimum absolute atomic E-state index is 0.0425. The Bertz CT molecular complexity index is 869. The number of alkyl halides is 2. The molecule has 0 atom stereocenters. The van der Waals surface area contributed by atoms with E-state index in [1.54, 1.807) is 32.2 Å². The lowest BCUT2D eigenvalue weighted by Gasteiger charge is -2.17. The number of para-hydroxylation sites is 1. The van der Waals surface area contributed by atoms with Crippen LogP contribution >= 0.6 is 0 Å². The number of aliphatic imine (C=N–C) groups is 1. The monoisotopic (exact) mass is 446 g/mol. The molecule has 0 unspecified atom stereocenters. The second-order valence-corrected chi connectivity index (χ2v) is 7.63. The summed E-state index contributed by atoms with van der Waals surface area (Å²) >= 11 is 0. The molecule has 32 heavy (non-hydrogen) atoms. The maximum atomic E-state index is 12.9. The van der Waals surface area contributed by atoms with Crippen molar-refractivity contribution in [3.05, 3.63) is 59.2 Å². The van der Waals surface area contributed by atoms with Gasteiger partial charge in [-0.05, 0) is 50.0 Å². The summed E-state index contributed by atoms with van der Waals surface area (Å²) in [4.78, 5) is 6.70. The van der Waals surface area contributed by atoms with Crippen LogP contribution in [0.4, 0.5) is 8.78 Å². The molecule has 0 amide bonds. The third kappa shape index (κ3) is 7.09. The van der Waals surface area contributed by atoms with Crippen molar-refractivity contribution in [1.82, 2.24) is 15.5 Å². The molecular formula is C24H32F2N4O2. The van der Waals surface area contributed by atoms with Gasteiger partial charge in [-0.15, -0.1) is 0 Å². The molecule has 6 nitrogen and oxygen atoms in total. The quantitative estimate of drug-likeness (QED) is 0.424. The molecule has 1 aliphatic rings. The number of hydrogen-bond acceptors (Lipinski definition) is 4. The van der Waals surface area contributed by atoms with Crippen LogP contribution < -0.4 is 20.1 Å². The van der Waals surface area contributed by atoms with E-state index in [0.29, 0.717) is 30.4 Å². The molecule has 0 aromatic heterocycles. The predicted molar refractivity (Wildman–Crippen MR) is 122 cm³/mol. The lowest BCUT2D eigenvalue weighted by Crippen LogP contribution is -2.36. The fourth-order valence-electron chi connectivity index (χ4n) is 3.74. The van der Waals surface area contributed by atoms with Gasteiger partial charge in [-0.1, -0.05) is 36.4 Å². The average Bonchev–Trinajstić information content (AvgIpc) is 3.29. The topological polar surface area (TPSA) is 58.1 Å². The van der Waals surface area contributed by atoms with Crippen molar-refractivity contribution in [3.8, 4) is 11.5 Å². The highest BCUT2D eigenvalue weighted by atomic mass is 19.3. The van der Waals surface area contributed by atoms with Gasteiger partial charge in [0.1, 0.15) is 0 Å². The Kier molecular flexibility index (Phi) is 9.10. The van der Waals surface area contributed by atoms with Gasteiger partial charge in [0.2, 0.25) is 0 Å². The maximum Gasteiger partial charge on any atom is 0.387 e. The average molecular weight is 447 g/mol. The van der Waals surface area contributed by atoms with E-state index in [1.807, 2.05) is 0 Å². The summed E-state index contributed by atoms with van der Waals surface area (Å²) in [6.07, 6.45) is 2.58. The number of nitrogens with zero attached hydrogens (tertiary/aromatic N) is 2. The highest BCUT2D eigenvalue weighted by Crippen LogP contribution is 2.32. The number of nitrogens with one attached hydrogen (secondary N) is 2. The molecular weight excluding hydrogens is 414 g/mol. The van der Waals surface area contributed by atoms with Gasteiger partial charge in [0.05, 0.1) is 6.61 Å². The lowest BCUT2D eigenvalue weighted by molar-refractivity contribution is -0.0520. The van der Waals surface area contributed by atoms with Gasteiger partial charge in [-0.25, -0.2) is 0 Å². The van der Waals surface area contributed by atoms with Gasteiger partial charge in [0, 0.05) is 32.2 Å². The molecule has 8 heteroatoms. The van der Waals surface area contributed by atoms with Crippen molar-refractivity contribution in [2.24, 2.45) is 4.99 Å². The lowest BCUT2D eigenvalue weighted by atomic mass is 10.1. The highest BCUT2D eigenvalue weighted by molar-refractivity contribution is 5.79. The van der Waals surface area contributed by atoms with Crippen molar-refractivity contribution in [2.45, 2.75) is 46.0 Å². The van der Waals surface area contributed by atoms with E-state index in [2.05, 4.69) is 44.8 Å². The number of benzene rings is 2. The van der Waals surface area contributed by atoms with Gasteiger partial charge >= 0.3 is 6.61 Å². The van der Waals surface area contributed by atoms with Gasteiger partial charge in [0.25, 0.3) is 0 Å².